The van der Waals surface area contributed by atoms with Crippen LogP contribution in [0.3, 0.4) is 0 Å². The van der Waals surface area contributed by atoms with Crippen molar-refractivity contribution in [3.63, 3.8) is 0 Å². The Hall–Kier alpha value is -2.82. The zero-order chi connectivity index (χ0) is 25.2. The standard InChI is InChI=1S/C30H41N3O2/c1-21-9-11-25(12-10-21)28(34)32-17-13-23(14-18-32)24-15-19-33(20-16-24)29(35)31-27-22(2)7-6-8-26(27)30(3,4)5/h6-12,23-24H,13-20H2,1-5H3,(H,31,35). The average Bonchev–Trinajstić information content (AvgIpc) is 2.85. The van der Waals surface area contributed by atoms with E-state index >= 15 is 0 Å². The molecule has 2 heterocycles. The van der Waals surface area contributed by atoms with Crippen LogP contribution in [0.5, 0.6) is 0 Å². The summed E-state index contributed by atoms with van der Waals surface area (Å²) in [5.74, 6) is 1.44. The van der Waals surface area contributed by atoms with Gasteiger partial charge in [0.05, 0.1) is 0 Å². The van der Waals surface area contributed by atoms with E-state index in [0.29, 0.717) is 11.8 Å². The normalized spacial score (nSPS) is 18.0. The summed E-state index contributed by atoms with van der Waals surface area (Å²) in [7, 11) is 0. The number of hydrogen-bond donors (Lipinski definition) is 1. The molecule has 35 heavy (non-hydrogen) atoms. The third-order valence-electron chi connectivity index (χ3n) is 7.93. The maximum Gasteiger partial charge on any atom is 0.321 e. The molecular weight excluding hydrogens is 434 g/mol. The Kier molecular flexibility index (Phi) is 7.53. The zero-order valence-electron chi connectivity index (χ0n) is 22.1. The smallest absolute Gasteiger partial charge is 0.321 e. The van der Waals surface area contributed by atoms with Gasteiger partial charge in [-0.3, -0.25) is 4.79 Å². The van der Waals surface area contributed by atoms with Crippen LogP contribution in [0.4, 0.5) is 10.5 Å². The third-order valence-corrected chi connectivity index (χ3v) is 7.93. The third kappa shape index (κ3) is 5.88. The molecule has 5 heteroatoms. The van der Waals surface area contributed by atoms with E-state index in [0.717, 1.165) is 68.7 Å². The number of likely N-dealkylation sites (tertiary alicyclic amines) is 2. The maximum absolute atomic E-state index is 13.1. The average molecular weight is 476 g/mol. The molecule has 0 atom stereocenters. The Labute approximate surface area is 210 Å². The molecule has 0 radical (unpaired) electrons. The number of rotatable bonds is 3. The summed E-state index contributed by atoms with van der Waals surface area (Å²) in [6.07, 6.45) is 4.22. The van der Waals surface area contributed by atoms with Gasteiger partial charge in [-0.05, 0) is 80.0 Å². The Balaban J connectivity index is 1.28. The number of nitrogens with zero attached hydrogens (tertiary/aromatic N) is 2. The SMILES string of the molecule is Cc1ccc(C(=O)N2CCC(C3CCN(C(=O)Nc4c(C)cccc4C(C)(C)C)CC3)CC2)cc1. The van der Waals surface area contributed by atoms with Crippen LogP contribution in [0.25, 0.3) is 0 Å². The fraction of sp³-hybridized carbons (Fsp3) is 0.533. The van der Waals surface area contributed by atoms with E-state index in [2.05, 4.69) is 51.2 Å². The summed E-state index contributed by atoms with van der Waals surface area (Å²) in [5.41, 5.74) is 5.17. The van der Waals surface area contributed by atoms with Crippen LogP contribution in [0.15, 0.2) is 42.5 Å². The largest absolute Gasteiger partial charge is 0.339 e. The number of anilines is 1. The first-order valence-electron chi connectivity index (χ1n) is 13.2. The highest BCUT2D eigenvalue weighted by atomic mass is 16.2. The van der Waals surface area contributed by atoms with E-state index in [-0.39, 0.29) is 17.4 Å². The van der Waals surface area contributed by atoms with E-state index < -0.39 is 0 Å². The minimum atomic E-state index is -0.0304. The molecule has 2 aromatic rings. The molecule has 0 bridgehead atoms. The summed E-state index contributed by atoms with van der Waals surface area (Å²) in [6, 6.07) is 14.1. The lowest BCUT2D eigenvalue weighted by atomic mass is 9.78. The fourth-order valence-electron chi connectivity index (χ4n) is 5.67. The van der Waals surface area contributed by atoms with Gasteiger partial charge in [0.15, 0.2) is 0 Å². The molecule has 2 fully saturated rings. The van der Waals surface area contributed by atoms with Gasteiger partial charge in [0, 0.05) is 37.4 Å². The second-order valence-corrected chi connectivity index (χ2v) is 11.5. The highest BCUT2D eigenvalue weighted by Gasteiger charge is 2.32. The molecule has 0 spiro atoms. The number of piperidine rings is 2. The van der Waals surface area contributed by atoms with Crippen molar-refractivity contribution in [2.45, 2.75) is 65.7 Å². The van der Waals surface area contributed by atoms with Crippen LogP contribution in [-0.4, -0.2) is 47.9 Å². The van der Waals surface area contributed by atoms with Crippen molar-refractivity contribution < 1.29 is 9.59 Å². The van der Waals surface area contributed by atoms with Gasteiger partial charge in [-0.15, -0.1) is 0 Å². The van der Waals surface area contributed by atoms with Crippen LogP contribution in [0.1, 0.15) is 73.5 Å². The van der Waals surface area contributed by atoms with E-state index in [4.69, 9.17) is 0 Å². The van der Waals surface area contributed by atoms with Crippen LogP contribution < -0.4 is 5.32 Å². The van der Waals surface area contributed by atoms with Gasteiger partial charge in [0.2, 0.25) is 0 Å². The van der Waals surface area contributed by atoms with Crippen LogP contribution in [-0.2, 0) is 5.41 Å². The number of benzene rings is 2. The number of aryl methyl sites for hydroxylation is 2. The van der Waals surface area contributed by atoms with Gasteiger partial charge in [0.25, 0.3) is 5.91 Å². The lowest BCUT2D eigenvalue weighted by Crippen LogP contribution is -2.45. The molecule has 3 amide bonds. The van der Waals surface area contributed by atoms with Crippen molar-refractivity contribution >= 4 is 17.6 Å². The predicted octanol–water partition coefficient (Wildman–Crippen LogP) is 6.40. The highest BCUT2D eigenvalue weighted by molar-refractivity contribution is 5.94. The lowest BCUT2D eigenvalue weighted by Gasteiger charge is -2.40. The van der Waals surface area contributed by atoms with Crippen molar-refractivity contribution in [3.05, 3.63) is 64.7 Å². The van der Waals surface area contributed by atoms with Gasteiger partial charge in [-0.1, -0.05) is 56.7 Å². The Morgan fingerprint density at radius 3 is 1.89 bits per heavy atom. The molecule has 2 aliphatic rings. The second kappa shape index (κ2) is 10.4. The highest BCUT2D eigenvalue weighted by Crippen LogP contribution is 2.35. The predicted molar refractivity (Wildman–Crippen MR) is 143 cm³/mol. The molecule has 0 aliphatic carbocycles. The van der Waals surface area contributed by atoms with Crippen LogP contribution >= 0.6 is 0 Å². The topological polar surface area (TPSA) is 52.7 Å². The summed E-state index contributed by atoms with van der Waals surface area (Å²) < 4.78 is 0. The fourth-order valence-corrected chi connectivity index (χ4v) is 5.67. The minimum Gasteiger partial charge on any atom is -0.339 e. The van der Waals surface area contributed by atoms with Crippen molar-refractivity contribution in [1.82, 2.24) is 9.80 Å². The summed E-state index contributed by atoms with van der Waals surface area (Å²) in [4.78, 5) is 30.0. The maximum atomic E-state index is 13.1. The van der Waals surface area contributed by atoms with Gasteiger partial charge < -0.3 is 15.1 Å². The van der Waals surface area contributed by atoms with E-state index in [1.165, 1.54) is 11.1 Å². The molecule has 0 saturated carbocycles. The number of para-hydroxylation sites is 1. The number of carbonyl (C=O) groups is 2. The molecule has 2 aliphatic heterocycles. The first kappa shape index (κ1) is 25.3. The lowest BCUT2D eigenvalue weighted by molar-refractivity contribution is 0.0618. The van der Waals surface area contributed by atoms with Crippen molar-refractivity contribution in [2.24, 2.45) is 11.8 Å². The van der Waals surface area contributed by atoms with Crippen molar-refractivity contribution in [1.29, 1.82) is 0 Å². The first-order chi connectivity index (χ1) is 16.6. The number of amides is 3. The Bertz CT molecular complexity index is 1040. The molecule has 5 nitrogen and oxygen atoms in total. The monoisotopic (exact) mass is 475 g/mol. The minimum absolute atomic E-state index is 0.0155. The Morgan fingerprint density at radius 1 is 0.800 bits per heavy atom. The van der Waals surface area contributed by atoms with Gasteiger partial charge >= 0.3 is 6.03 Å². The van der Waals surface area contributed by atoms with E-state index in [9.17, 15) is 9.59 Å². The van der Waals surface area contributed by atoms with Gasteiger partial charge in [-0.25, -0.2) is 4.79 Å². The number of nitrogens with one attached hydrogen (secondary N) is 1. The number of hydrogen-bond acceptors (Lipinski definition) is 2. The Morgan fingerprint density at radius 2 is 1.34 bits per heavy atom. The number of urea groups is 1. The van der Waals surface area contributed by atoms with Gasteiger partial charge in [-0.2, -0.15) is 0 Å². The quantitative estimate of drug-likeness (QED) is 0.559. The van der Waals surface area contributed by atoms with Crippen molar-refractivity contribution in [3.8, 4) is 0 Å². The summed E-state index contributed by atoms with van der Waals surface area (Å²) in [5, 5.41) is 3.23. The molecular formula is C30H41N3O2. The molecule has 0 unspecified atom stereocenters. The second-order valence-electron chi connectivity index (χ2n) is 11.5. The van der Waals surface area contributed by atoms with Gasteiger partial charge in [0.1, 0.15) is 0 Å². The summed E-state index contributed by atoms with van der Waals surface area (Å²) in [6.45, 7) is 13.9. The molecule has 188 valence electrons. The van der Waals surface area contributed by atoms with E-state index in [1.807, 2.05) is 41.0 Å². The molecule has 1 N–H and O–H groups in total. The summed E-state index contributed by atoms with van der Waals surface area (Å²) >= 11 is 0. The zero-order valence-corrected chi connectivity index (χ0v) is 22.1. The molecule has 2 aromatic carbocycles. The number of carbonyl (C=O) groups excluding carboxylic acids is 2. The van der Waals surface area contributed by atoms with E-state index in [1.54, 1.807) is 0 Å². The molecule has 0 aromatic heterocycles. The first-order valence-corrected chi connectivity index (χ1v) is 13.2. The van der Waals surface area contributed by atoms with Crippen LogP contribution in [0.2, 0.25) is 0 Å². The molecule has 4 rings (SSSR count). The van der Waals surface area contributed by atoms with Crippen molar-refractivity contribution in [2.75, 3.05) is 31.5 Å². The molecule has 2 saturated heterocycles. The van der Waals surface area contributed by atoms with Crippen LogP contribution in [0, 0.1) is 25.7 Å².